The van der Waals surface area contributed by atoms with Gasteiger partial charge in [0, 0.05) is 13.0 Å². The van der Waals surface area contributed by atoms with Gasteiger partial charge in [-0.05, 0) is 31.2 Å². The molecule has 1 heterocycles. The maximum atomic E-state index is 12.0. The Morgan fingerprint density at radius 3 is 2.65 bits per heavy atom. The molecule has 1 saturated heterocycles. The van der Waals surface area contributed by atoms with Crippen LogP contribution in [0.2, 0.25) is 0 Å². The number of likely N-dealkylation sites (tertiary alicyclic amines) is 1. The first-order chi connectivity index (χ1) is 9.68. The minimum atomic E-state index is -0.892. The van der Waals surface area contributed by atoms with Gasteiger partial charge in [0.05, 0.1) is 0 Å². The van der Waals surface area contributed by atoms with Crippen LogP contribution in [0.3, 0.4) is 0 Å². The van der Waals surface area contributed by atoms with E-state index in [2.05, 4.69) is 0 Å². The van der Waals surface area contributed by atoms with Crippen molar-refractivity contribution in [2.75, 3.05) is 6.54 Å². The molecular formula is C16H21NO3. The van der Waals surface area contributed by atoms with Crippen molar-refractivity contribution >= 4 is 11.9 Å². The van der Waals surface area contributed by atoms with Crippen LogP contribution in [0.4, 0.5) is 0 Å². The summed E-state index contributed by atoms with van der Waals surface area (Å²) in [7, 11) is 0. The zero-order valence-electron chi connectivity index (χ0n) is 11.6. The van der Waals surface area contributed by atoms with Gasteiger partial charge in [-0.2, -0.15) is 0 Å². The molecule has 0 spiro atoms. The van der Waals surface area contributed by atoms with E-state index in [9.17, 15) is 14.7 Å². The molecule has 1 unspecified atom stereocenters. The van der Waals surface area contributed by atoms with Gasteiger partial charge >= 0.3 is 5.97 Å². The van der Waals surface area contributed by atoms with E-state index >= 15 is 0 Å². The molecule has 0 bridgehead atoms. The molecule has 1 atom stereocenters. The van der Waals surface area contributed by atoms with Gasteiger partial charge in [0.1, 0.15) is 6.04 Å². The van der Waals surface area contributed by atoms with E-state index in [0.717, 1.165) is 24.8 Å². The zero-order valence-corrected chi connectivity index (χ0v) is 11.6. The molecule has 4 nitrogen and oxygen atoms in total. The third-order valence-electron chi connectivity index (χ3n) is 3.82. The minimum Gasteiger partial charge on any atom is -0.480 e. The summed E-state index contributed by atoms with van der Waals surface area (Å²) in [4.78, 5) is 25.1. The van der Waals surface area contributed by atoms with Crippen LogP contribution in [0, 0.1) is 0 Å². The van der Waals surface area contributed by atoms with E-state index in [0.29, 0.717) is 25.8 Å². The predicted octanol–water partition coefficient (Wildman–Crippen LogP) is 2.48. The molecule has 1 N–H and O–H groups in total. The maximum absolute atomic E-state index is 12.0. The third-order valence-corrected chi connectivity index (χ3v) is 3.82. The van der Waals surface area contributed by atoms with Gasteiger partial charge in [-0.1, -0.05) is 36.8 Å². The summed E-state index contributed by atoms with van der Waals surface area (Å²) < 4.78 is 0. The van der Waals surface area contributed by atoms with Crippen LogP contribution < -0.4 is 0 Å². The Morgan fingerprint density at radius 2 is 1.95 bits per heavy atom. The number of carboxylic acid groups (broad SMARTS) is 1. The van der Waals surface area contributed by atoms with E-state index in [1.54, 1.807) is 4.90 Å². The Balaban J connectivity index is 2.02. The molecule has 20 heavy (non-hydrogen) atoms. The Bertz CT molecular complexity index is 458. The van der Waals surface area contributed by atoms with Gasteiger partial charge in [-0.15, -0.1) is 0 Å². The van der Waals surface area contributed by atoms with Crippen molar-refractivity contribution in [3.8, 4) is 0 Å². The standard InChI is InChI=1S/C16H21NO3/c18-15-9-5-2-6-12-17(15)14(16(19)20)11-10-13-7-3-1-4-8-13/h1,3-4,7-8,14H,2,5-6,9-12H2,(H,19,20). The molecule has 1 fully saturated rings. The molecule has 4 heteroatoms. The summed E-state index contributed by atoms with van der Waals surface area (Å²) in [6, 6.07) is 9.12. The highest BCUT2D eigenvalue weighted by Crippen LogP contribution is 2.17. The number of rotatable bonds is 5. The fraction of sp³-hybridized carbons (Fsp3) is 0.500. The molecule has 1 amide bonds. The molecule has 0 aromatic heterocycles. The lowest BCUT2D eigenvalue weighted by molar-refractivity contribution is -0.150. The van der Waals surface area contributed by atoms with Gasteiger partial charge in [0.25, 0.3) is 0 Å². The minimum absolute atomic E-state index is 0.0111. The summed E-state index contributed by atoms with van der Waals surface area (Å²) in [6.45, 7) is 0.574. The average Bonchev–Trinajstić information content (AvgIpc) is 2.65. The van der Waals surface area contributed by atoms with E-state index < -0.39 is 12.0 Å². The number of hydrogen-bond donors (Lipinski definition) is 1. The van der Waals surface area contributed by atoms with Crippen LogP contribution in [0.5, 0.6) is 0 Å². The van der Waals surface area contributed by atoms with Gasteiger partial charge in [0.15, 0.2) is 0 Å². The molecule has 0 radical (unpaired) electrons. The summed E-state index contributed by atoms with van der Waals surface area (Å²) in [6.07, 6.45) is 4.43. The second-order valence-electron chi connectivity index (χ2n) is 5.28. The lowest BCUT2D eigenvalue weighted by Gasteiger charge is -2.27. The van der Waals surface area contributed by atoms with Gasteiger partial charge in [0.2, 0.25) is 5.91 Å². The highest BCUT2D eigenvalue weighted by atomic mass is 16.4. The monoisotopic (exact) mass is 275 g/mol. The first-order valence-electron chi connectivity index (χ1n) is 7.24. The highest BCUT2D eigenvalue weighted by Gasteiger charge is 2.29. The number of aliphatic carboxylic acids is 1. The molecule has 1 aliphatic heterocycles. The first-order valence-corrected chi connectivity index (χ1v) is 7.24. The van der Waals surface area contributed by atoms with Crippen LogP contribution in [0.15, 0.2) is 30.3 Å². The SMILES string of the molecule is O=C(O)C(CCc1ccccc1)N1CCCCCC1=O. The van der Waals surface area contributed by atoms with Crippen molar-refractivity contribution in [2.45, 2.75) is 44.6 Å². The van der Waals surface area contributed by atoms with Crippen LogP contribution in [0.25, 0.3) is 0 Å². The fourth-order valence-electron chi connectivity index (χ4n) is 2.69. The van der Waals surface area contributed by atoms with Crippen LogP contribution in [-0.4, -0.2) is 34.5 Å². The number of carboxylic acids is 1. The quantitative estimate of drug-likeness (QED) is 0.898. The molecule has 1 aliphatic rings. The Hall–Kier alpha value is -1.84. The molecule has 108 valence electrons. The van der Waals surface area contributed by atoms with E-state index in [4.69, 9.17) is 0 Å². The second-order valence-corrected chi connectivity index (χ2v) is 5.28. The highest BCUT2D eigenvalue weighted by molar-refractivity contribution is 5.83. The van der Waals surface area contributed by atoms with Crippen molar-refractivity contribution in [1.82, 2.24) is 4.90 Å². The number of carbonyl (C=O) groups excluding carboxylic acids is 1. The predicted molar refractivity (Wildman–Crippen MR) is 76.4 cm³/mol. The second kappa shape index (κ2) is 7.08. The lowest BCUT2D eigenvalue weighted by atomic mass is 10.0. The average molecular weight is 275 g/mol. The summed E-state index contributed by atoms with van der Waals surface area (Å²) in [5.41, 5.74) is 1.11. The first kappa shape index (κ1) is 14.6. The molecule has 1 aromatic carbocycles. The zero-order chi connectivity index (χ0) is 14.4. The van der Waals surface area contributed by atoms with Crippen LogP contribution >= 0.6 is 0 Å². The molecule has 2 rings (SSSR count). The molecule has 1 aromatic rings. The van der Waals surface area contributed by atoms with E-state index in [1.165, 1.54) is 0 Å². The number of benzene rings is 1. The van der Waals surface area contributed by atoms with Crippen LogP contribution in [-0.2, 0) is 16.0 Å². The Kier molecular flexibility index (Phi) is 5.16. The van der Waals surface area contributed by atoms with Gasteiger partial charge < -0.3 is 10.0 Å². The van der Waals surface area contributed by atoms with E-state index in [1.807, 2.05) is 30.3 Å². The largest absolute Gasteiger partial charge is 0.480 e. The molecular weight excluding hydrogens is 254 g/mol. The summed E-state index contributed by atoms with van der Waals surface area (Å²) >= 11 is 0. The van der Waals surface area contributed by atoms with Crippen molar-refractivity contribution in [1.29, 1.82) is 0 Å². The smallest absolute Gasteiger partial charge is 0.326 e. The number of amides is 1. The number of carbonyl (C=O) groups is 2. The molecule has 0 aliphatic carbocycles. The van der Waals surface area contributed by atoms with Gasteiger partial charge in [-0.25, -0.2) is 4.79 Å². The number of nitrogens with zero attached hydrogens (tertiary/aromatic N) is 1. The molecule has 0 saturated carbocycles. The summed E-state index contributed by atoms with van der Waals surface area (Å²) in [5, 5.41) is 9.42. The lowest BCUT2D eigenvalue weighted by Crippen LogP contribution is -2.45. The number of aryl methyl sites for hydroxylation is 1. The van der Waals surface area contributed by atoms with Crippen molar-refractivity contribution in [3.63, 3.8) is 0 Å². The van der Waals surface area contributed by atoms with E-state index in [-0.39, 0.29) is 5.91 Å². The maximum Gasteiger partial charge on any atom is 0.326 e. The van der Waals surface area contributed by atoms with Crippen LogP contribution in [0.1, 0.15) is 37.7 Å². The summed E-state index contributed by atoms with van der Waals surface area (Å²) in [5.74, 6) is -0.904. The normalized spacial score (nSPS) is 17.6. The Labute approximate surface area is 119 Å². The number of hydrogen-bond acceptors (Lipinski definition) is 2. The van der Waals surface area contributed by atoms with Crippen molar-refractivity contribution < 1.29 is 14.7 Å². The third kappa shape index (κ3) is 3.83. The fourth-order valence-corrected chi connectivity index (χ4v) is 2.69. The Morgan fingerprint density at radius 1 is 1.20 bits per heavy atom. The van der Waals surface area contributed by atoms with Gasteiger partial charge in [-0.3, -0.25) is 4.79 Å². The van der Waals surface area contributed by atoms with Crippen molar-refractivity contribution in [3.05, 3.63) is 35.9 Å². The topological polar surface area (TPSA) is 57.6 Å². The van der Waals surface area contributed by atoms with Crippen molar-refractivity contribution in [2.24, 2.45) is 0 Å².